The summed E-state index contributed by atoms with van der Waals surface area (Å²) >= 11 is 1.51. The molecule has 7 heteroatoms. The van der Waals surface area contributed by atoms with E-state index in [9.17, 15) is 8.78 Å². The fraction of sp³-hybridized carbons (Fsp3) is 0.185. The molecule has 0 N–H and O–H groups in total. The van der Waals surface area contributed by atoms with Gasteiger partial charge in [0, 0.05) is 17.4 Å². The van der Waals surface area contributed by atoms with Gasteiger partial charge in [-0.15, -0.1) is 28.3 Å². The molecule has 0 radical (unpaired) electrons. The molecular weight excluding hydrogens is 516 g/mol. The van der Waals surface area contributed by atoms with Crippen LogP contribution >= 0.6 is 28.3 Å². The number of benzene rings is 3. The smallest absolute Gasteiger partial charge is 0.207 e. The summed E-state index contributed by atoms with van der Waals surface area (Å²) in [6.45, 7) is 4.36. The van der Waals surface area contributed by atoms with Crippen molar-refractivity contribution in [1.29, 1.82) is 0 Å². The molecule has 1 aromatic heterocycles. The zero-order valence-electron chi connectivity index (χ0n) is 18.8. The van der Waals surface area contributed by atoms with Gasteiger partial charge in [-0.25, -0.2) is 18.8 Å². The highest BCUT2D eigenvalue weighted by atomic mass is 79.9. The summed E-state index contributed by atoms with van der Waals surface area (Å²) in [7, 11) is 0. The lowest BCUT2D eigenvalue weighted by Crippen LogP contribution is -2.18. The van der Waals surface area contributed by atoms with Crippen molar-refractivity contribution in [3.63, 3.8) is 0 Å². The lowest BCUT2D eigenvalue weighted by Gasteiger charge is -2.21. The molecule has 1 aliphatic rings. The quantitative estimate of drug-likeness (QED) is 0.256. The molecule has 1 unspecified atom stereocenters. The molecule has 0 fully saturated rings. The van der Waals surface area contributed by atoms with Crippen molar-refractivity contribution in [2.45, 2.75) is 32.2 Å². The first-order valence-corrected chi connectivity index (χ1v) is 11.8. The Morgan fingerprint density at radius 1 is 0.853 bits per heavy atom. The number of rotatable bonds is 5. The Labute approximate surface area is 212 Å². The van der Waals surface area contributed by atoms with Gasteiger partial charge in [-0.3, -0.25) is 0 Å². The molecule has 0 saturated heterocycles. The minimum Gasteiger partial charge on any atom is -0.231 e. The number of nitrogens with zero attached hydrogens (tertiary/aromatic N) is 3. The predicted octanol–water partition coefficient (Wildman–Crippen LogP) is 8.15. The summed E-state index contributed by atoms with van der Waals surface area (Å²) in [5, 5.41) is 9.60. The highest BCUT2D eigenvalue weighted by molar-refractivity contribution is 8.93. The van der Waals surface area contributed by atoms with E-state index in [0.29, 0.717) is 12.3 Å². The molecule has 174 valence electrons. The number of hydrogen-bond acceptors (Lipinski definition) is 4. The van der Waals surface area contributed by atoms with E-state index < -0.39 is 0 Å². The van der Waals surface area contributed by atoms with E-state index in [4.69, 9.17) is 10.1 Å². The maximum atomic E-state index is 13.5. The van der Waals surface area contributed by atoms with Gasteiger partial charge < -0.3 is 0 Å². The SMILES string of the molecule is Br.CC(C)c1ccc(C2CC(c3ccc(F)cc3)=NN2c2nc(-c3ccc(F)cc3)cs2)cc1. The molecule has 34 heavy (non-hydrogen) atoms. The average molecular weight is 540 g/mol. The van der Waals surface area contributed by atoms with Crippen LogP contribution in [0.4, 0.5) is 13.9 Å². The lowest BCUT2D eigenvalue weighted by molar-refractivity contribution is 0.627. The molecule has 0 bridgehead atoms. The summed E-state index contributed by atoms with van der Waals surface area (Å²) < 4.78 is 26.8. The third-order valence-corrected chi connectivity index (χ3v) is 6.73. The maximum Gasteiger partial charge on any atom is 0.207 e. The van der Waals surface area contributed by atoms with Crippen molar-refractivity contribution in [1.82, 2.24) is 4.98 Å². The van der Waals surface area contributed by atoms with Crippen LogP contribution in [0.25, 0.3) is 11.3 Å². The van der Waals surface area contributed by atoms with Crippen LogP contribution in [-0.2, 0) is 0 Å². The standard InChI is InChI=1S/C27H23F2N3S.BrH/c1-17(2)18-3-5-21(6-4-18)26-15-24(19-7-11-22(28)12-8-19)31-32(26)27-30-25(16-33-27)20-9-13-23(29)14-10-20;/h3-14,16-17,26H,15H2,1-2H3;1H. The van der Waals surface area contributed by atoms with Crippen molar-refractivity contribution < 1.29 is 8.78 Å². The van der Waals surface area contributed by atoms with Crippen molar-refractivity contribution in [2.75, 3.05) is 5.01 Å². The van der Waals surface area contributed by atoms with Crippen LogP contribution in [0, 0.1) is 11.6 Å². The molecule has 0 spiro atoms. The summed E-state index contributed by atoms with van der Waals surface area (Å²) in [5.41, 5.74) is 5.88. The van der Waals surface area contributed by atoms with Gasteiger partial charge in [-0.1, -0.05) is 50.2 Å². The van der Waals surface area contributed by atoms with Crippen molar-refractivity contribution in [3.8, 4) is 11.3 Å². The molecular formula is C27H24BrF2N3S. The number of hydrazone groups is 1. The number of aromatic nitrogens is 1. The van der Waals surface area contributed by atoms with Crippen LogP contribution < -0.4 is 5.01 Å². The monoisotopic (exact) mass is 539 g/mol. The van der Waals surface area contributed by atoms with E-state index in [2.05, 4.69) is 38.1 Å². The van der Waals surface area contributed by atoms with Crippen molar-refractivity contribution in [2.24, 2.45) is 5.10 Å². The second kappa shape index (κ2) is 10.2. The average Bonchev–Trinajstić information content (AvgIpc) is 3.48. The van der Waals surface area contributed by atoms with E-state index >= 15 is 0 Å². The van der Waals surface area contributed by atoms with Gasteiger partial charge in [0.15, 0.2) is 0 Å². The molecule has 3 aromatic carbocycles. The first-order chi connectivity index (χ1) is 16.0. The Bertz CT molecular complexity index is 1280. The van der Waals surface area contributed by atoms with Crippen LogP contribution in [-0.4, -0.2) is 10.7 Å². The number of anilines is 1. The van der Waals surface area contributed by atoms with Gasteiger partial charge in [0.05, 0.1) is 17.4 Å². The normalized spacial score (nSPS) is 15.4. The first kappa shape index (κ1) is 24.2. The van der Waals surface area contributed by atoms with Crippen molar-refractivity contribution >= 4 is 39.2 Å². The third-order valence-electron chi connectivity index (χ3n) is 5.90. The predicted molar refractivity (Wildman–Crippen MR) is 141 cm³/mol. The van der Waals surface area contributed by atoms with Gasteiger partial charge in [-0.05, 0) is 59.0 Å². The number of hydrogen-bond donors (Lipinski definition) is 0. The lowest BCUT2D eigenvalue weighted by atomic mass is 9.95. The Hall–Kier alpha value is -2.90. The van der Waals surface area contributed by atoms with Crippen LogP contribution in [0.15, 0.2) is 83.3 Å². The minimum absolute atomic E-state index is 0. The van der Waals surface area contributed by atoms with Gasteiger partial charge in [-0.2, -0.15) is 5.10 Å². The van der Waals surface area contributed by atoms with Crippen molar-refractivity contribution in [3.05, 3.63) is 107 Å². The highest BCUT2D eigenvalue weighted by Crippen LogP contribution is 2.39. The van der Waals surface area contributed by atoms with E-state index in [1.54, 1.807) is 24.3 Å². The molecule has 1 aliphatic heterocycles. The zero-order valence-corrected chi connectivity index (χ0v) is 21.3. The van der Waals surface area contributed by atoms with Crippen LogP contribution in [0.5, 0.6) is 0 Å². The zero-order chi connectivity index (χ0) is 22.9. The summed E-state index contributed by atoms with van der Waals surface area (Å²) in [6, 6.07) is 21.4. The fourth-order valence-electron chi connectivity index (χ4n) is 3.99. The molecule has 4 aromatic rings. The van der Waals surface area contributed by atoms with Gasteiger partial charge >= 0.3 is 0 Å². The topological polar surface area (TPSA) is 28.5 Å². The van der Waals surface area contributed by atoms with E-state index in [1.807, 2.05) is 10.4 Å². The molecule has 0 saturated carbocycles. The highest BCUT2D eigenvalue weighted by Gasteiger charge is 2.31. The first-order valence-electron chi connectivity index (χ1n) is 10.9. The van der Waals surface area contributed by atoms with Gasteiger partial charge in [0.25, 0.3) is 0 Å². The van der Waals surface area contributed by atoms with E-state index in [1.165, 1.54) is 41.2 Å². The molecule has 1 atom stereocenters. The third kappa shape index (κ3) is 4.95. The summed E-state index contributed by atoms with van der Waals surface area (Å²) in [6.07, 6.45) is 0.693. The van der Waals surface area contributed by atoms with Gasteiger partial charge in [0.2, 0.25) is 5.13 Å². The van der Waals surface area contributed by atoms with E-state index in [0.717, 1.165) is 33.2 Å². The Morgan fingerprint density at radius 3 is 2.03 bits per heavy atom. The minimum atomic E-state index is -0.271. The molecule has 2 heterocycles. The second-order valence-corrected chi connectivity index (χ2v) is 9.30. The summed E-state index contributed by atoms with van der Waals surface area (Å²) in [4.78, 5) is 4.81. The molecule has 0 amide bonds. The van der Waals surface area contributed by atoms with Gasteiger partial charge in [0.1, 0.15) is 11.6 Å². The Morgan fingerprint density at radius 2 is 1.44 bits per heavy atom. The Balaban J connectivity index is 0.00000274. The summed E-state index contributed by atoms with van der Waals surface area (Å²) in [5.74, 6) is -0.0759. The molecule has 5 rings (SSSR count). The fourth-order valence-corrected chi connectivity index (χ4v) is 4.82. The van der Waals surface area contributed by atoms with Crippen LogP contribution in [0.3, 0.4) is 0 Å². The van der Waals surface area contributed by atoms with Crippen LogP contribution in [0.1, 0.15) is 48.9 Å². The Kier molecular flexibility index (Phi) is 7.24. The largest absolute Gasteiger partial charge is 0.231 e. The number of thiazole rings is 1. The second-order valence-electron chi connectivity index (χ2n) is 8.46. The number of halogens is 3. The maximum absolute atomic E-state index is 13.5. The molecule has 0 aliphatic carbocycles. The van der Waals surface area contributed by atoms with Crippen LogP contribution in [0.2, 0.25) is 0 Å². The van der Waals surface area contributed by atoms with E-state index in [-0.39, 0.29) is 34.7 Å². The molecule has 3 nitrogen and oxygen atoms in total.